The summed E-state index contributed by atoms with van der Waals surface area (Å²) in [5.41, 5.74) is 1.22. The van der Waals surface area contributed by atoms with Crippen LogP contribution in [0.5, 0.6) is 0 Å². The summed E-state index contributed by atoms with van der Waals surface area (Å²) in [4.78, 5) is 32.9. The maximum absolute atomic E-state index is 12.6. The topological polar surface area (TPSA) is 78.1 Å². The van der Waals surface area contributed by atoms with Gasteiger partial charge in [0.15, 0.2) is 0 Å². The van der Waals surface area contributed by atoms with Crippen LogP contribution < -0.4 is 5.32 Å². The summed E-state index contributed by atoms with van der Waals surface area (Å²) in [6.07, 6.45) is 3.33. The van der Waals surface area contributed by atoms with Crippen molar-refractivity contribution < 1.29 is 9.59 Å². The molecule has 2 N–H and O–H groups in total. The van der Waals surface area contributed by atoms with Crippen molar-refractivity contribution in [3.63, 3.8) is 0 Å². The molecule has 0 saturated carbocycles. The Balaban J connectivity index is 2.34. The second-order valence-electron chi connectivity index (χ2n) is 4.69. The molecule has 0 aliphatic heterocycles. The molecule has 2 amide bonds. The summed E-state index contributed by atoms with van der Waals surface area (Å²) in [7, 11) is 3.16. The van der Waals surface area contributed by atoms with Crippen LogP contribution in [0, 0.1) is 0 Å². The van der Waals surface area contributed by atoms with Crippen molar-refractivity contribution in [3.05, 3.63) is 42.2 Å². The maximum Gasteiger partial charge on any atom is 0.255 e. The number of aromatic amines is 1. The molecule has 0 unspecified atom stereocenters. The molecule has 0 saturated heterocycles. The van der Waals surface area contributed by atoms with E-state index in [1.165, 1.54) is 4.90 Å². The van der Waals surface area contributed by atoms with Crippen molar-refractivity contribution >= 4 is 11.8 Å². The van der Waals surface area contributed by atoms with Crippen LogP contribution in [0.4, 0.5) is 0 Å². The van der Waals surface area contributed by atoms with Gasteiger partial charge in [0.2, 0.25) is 5.91 Å². The quantitative estimate of drug-likeness (QED) is 0.889. The van der Waals surface area contributed by atoms with E-state index in [4.69, 9.17) is 0 Å². The number of aromatic nitrogens is 2. The Morgan fingerprint density at radius 3 is 2.67 bits per heavy atom. The number of rotatable bonds is 4. The maximum atomic E-state index is 12.6. The monoisotopic (exact) mass is 286 g/mol. The Kier molecular flexibility index (Phi) is 4.37. The standard InChI is InChI=1S/C15H18N4O2/c1-10(14(20)16-2)19(3)15(21)12-7-5-4-6-11(12)13-17-8-9-18-13/h4-10H,1-3H3,(H,16,20)(H,17,18)/t10-/m0/s1. The molecule has 0 radical (unpaired) electrons. The molecule has 0 fully saturated rings. The van der Waals surface area contributed by atoms with Crippen LogP contribution in [0.3, 0.4) is 0 Å². The first kappa shape index (κ1) is 14.8. The van der Waals surface area contributed by atoms with Gasteiger partial charge >= 0.3 is 0 Å². The summed E-state index contributed by atoms with van der Waals surface area (Å²) < 4.78 is 0. The van der Waals surface area contributed by atoms with Gasteiger partial charge < -0.3 is 15.2 Å². The Labute approximate surface area is 123 Å². The molecule has 1 aromatic heterocycles. The van der Waals surface area contributed by atoms with Gasteiger partial charge in [-0.2, -0.15) is 0 Å². The number of benzene rings is 1. The van der Waals surface area contributed by atoms with E-state index in [9.17, 15) is 9.59 Å². The van der Waals surface area contributed by atoms with Gasteiger partial charge in [-0.05, 0) is 13.0 Å². The Morgan fingerprint density at radius 2 is 2.05 bits per heavy atom. The lowest BCUT2D eigenvalue weighted by molar-refractivity contribution is -0.124. The molecule has 110 valence electrons. The van der Waals surface area contributed by atoms with Crippen LogP contribution >= 0.6 is 0 Å². The Hall–Kier alpha value is -2.63. The fourth-order valence-electron chi connectivity index (χ4n) is 2.04. The highest BCUT2D eigenvalue weighted by Gasteiger charge is 2.24. The zero-order valence-corrected chi connectivity index (χ0v) is 12.3. The summed E-state index contributed by atoms with van der Waals surface area (Å²) >= 11 is 0. The van der Waals surface area contributed by atoms with Gasteiger partial charge in [0.25, 0.3) is 5.91 Å². The van der Waals surface area contributed by atoms with Gasteiger partial charge in [-0.3, -0.25) is 9.59 Å². The minimum absolute atomic E-state index is 0.207. The highest BCUT2D eigenvalue weighted by Crippen LogP contribution is 2.21. The number of imidazole rings is 1. The summed E-state index contributed by atoms with van der Waals surface area (Å²) in [5, 5.41) is 2.54. The molecular weight excluding hydrogens is 268 g/mol. The Morgan fingerprint density at radius 1 is 1.33 bits per heavy atom. The summed E-state index contributed by atoms with van der Waals surface area (Å²) in [6.45, 7) is 1.69. The fourth-order valence-corrected chi connectivity index (χ4v) is 2.04. The summed E-state index contributed by atoms with van der Waals surface area (Å²) in [6, 6.07) is 6.64. The second-order valence-corrected chi connectivity index (χ2v) is 4.69. The smallest absolute Gasteiger partial charge is 0.255 e. The zero-order chi connectivity index (χ0) is 15.4. The van der Waals surface area contributed by atoms with E-state index in [1.54, 1.807) is 45.5 Å². The van der Waals surface area contributed by atoms with Crippen molar-refractivity contribution in [2.45, 2.75) is 13.0 Å². The number of nitrogens with one attached hydrogen (secondary N) is 2. The van der Waals surface area contributed by atoms with Crippen LogP contribution in [0.15, 0.2) is 36.7 Å². The lowest BCUT2D eigenvalue weighted by Crippen LogP contribution is -2.45. The molecule has 0 bridgehead atoms. The number of carbonyl (C=O) groups excluding carboxylic acids is 2. The first-order chi connectivity index (χ1) is 10.1. The number of likely N-dealkylation sites (N-methyl/N-ethyl adjacent to an activating group) is 2. The average Bonchev–Trinajstić information content (AvgIpc) is 3.06. The number of carbonyl (C=O) groups is 2. The predicted octanol–water partition coefficient (Wildman–Crippen LogP) is 1.28. The zero-order valence-electron chi connectivity index (χ0n) is 12.3. The molecule has 6 heteroatoms. The van der Waals surface area contributed by atoms with Gasteiger partial charge in [0, 0.05) is 32.1 Å². The first-order valence-corrected chi connectivity index (χ1v) is 6.63. The van der Waals surface area contributed by atoms with E-state index < -0.39 is 6.04 Å². The lowest BCUT2D eigenvalue weighted by Gasteiger charge is -2.24. The average molecular weight is 286 g/mol. The van der Waals surface area contributed by atoms with Crippen molar-refractivity contribution in [1.82, 2.24) is 20.2 Å². The summed E-state index contributed by atoms with van der Waals surface area (Å²) in [5.74, 6) is 0.194. The number of hydrogen-bond donors (Lipinski definition) is 2. The molecule has 2 rings (SSSR count). The molecule has 0 aliphatic rings. The molecule has 2 aromatic rings. The molecule has 6 nitrogen and oxygen atoms in total. The van der Waals surface area contributed by atoms with Gasteiger partial charge in [0.1, 0.15) is 11.9 Å². The van der Waals surface area contributed by atoms with E-state index in [1.807, 2.05) is 12.1 Å². The predicted molar refractivity (Wildman–Crippen MR) is 79.6 cm³/mol. The van der Waals surface area contributed by atoms with E-state index in [0.717, 1.165) is 0 Å². The fraction of sp³-hybridized carbons (Fsp3) is 0.267. The van der Waals surface area contributed by atoms with Crippen LogP contribution in [0.1, 0.15) is 17.3 Å². The molecule has 1 heterocycles. The van der Waals surface area contributed by atoms with Crippen LogP contribution in [0.2, 0.25) is 0 Å². The minimum atomic E-state index is -0.549. The molecule has 1 aromatic carbocycles. The van der Waals surface area contributed by atoms with E-state index >= 15 is 0 Å². The SMILES string of the molecule is CNC(=O)[C@H](C)N(C)C(=O)c1ccccc1-c1ncc[nH]1. The van der Waals surface area contributed by atoms with Gasteiger partial charge in [-0.1, -0.05) is 18.2 Å². The van der Waals surface area contributed by atoms with Crippen molar-refractivity contribution in [1.29, 1.82) is 0 Å². The normalized spacial score (nSPS) is 11.8. The number of nitrogens with zero attached hydrogens (tertiary/aromatic N) is 2. The van der Waals surface area contributed by atoms with Crippen molar-refractivity contribution in [3.8, 4) is 11.4 Å². The van der Waals surface area contributed by atoms with Gasteiger partial charge in [-0.15, -0.1) is 0 Å². The van der Waals surface area contributed by atoms with Gasteiger partial charge in [-0.25, -0.2) is 4.98 Å². The molecule has 21 heavy (non-hydrogen) atoms. The van der Waals surface area contributed by atoms with Crippen molar-refractivity contribution in [2.24, 2.45) is 0 Å². The molecule has 0 spiro atoms. The largest absolute Gasteiger partial charge is 0.357 e. The lowest BCUT2D eigenvalue weighted by atomic mass is 10.1. The second kappa shape index (κ2) is 6.21. The third-order valence-corrected chi connectivity index (χ3v) is 3.44. The number of H-pyrrole nitrogens is 1. The van der Waals surface area contributed by atoms with Crippen molar-refractivity contribution in [2.75, 3.05) is 14.1 Å². The van der Waals surface area contributed by atoms with E-state index in [0.29, 0.717) is 17.0 Å². The van der Waals surface area contributed by atoms with E-state index in [2.05, 4.69) is 15.3 Å². The highest BCUT2D eigenvalue weighted by molar-refractivity contribution is 6.02. The number of hydrogen-bond acceptors (Lipinski definition) is 3. The highest BCUT2D eigenvalue weighted by atomic mass is 16.2. The minimum Gasteiger partial charge on any atom is -0.357 e. The van der Waals surface area contributed by atoms with Crippen LogP contribution in [0.25, 0.3) is 11.4 Å². The third kappa shape index (κ3) is 2.94. The molecule has 1 atom stereocenters. The molecule has 0 aliphatic carbocycles. The van der Waals surface area contributed by atoms with Crippen LogP contribution in [-0.4, -0.2) is 46.8 Å². The van der Waals surface area contributed by atoms with Crippen LogP contribution in [-0.2, 0) is 4.79 Å². The van der Waals surface area contributed by atoms with E-state index in [-0.39, 0.29) is 11.8 Å². The third-order valence-electron chi connectivity index (χ3n) is 3.44. The first-order valence-electron chi connectivity index (χ1n) is 6.63. The Bertz CT molecular complexity index is 637. The number of amides is 2. The molecular formula is C15H18N4O2. The van der Waals surface area contributed by atoms with Gasteiger partial charge in [0.05, 0.1) is 5.56 Å².